The van der Waals surface area contributed by atoms with E-state index >= 15 is 0 Å². The van der Waals surface area contributed by atoms with Gasteiger partial charge in [-0.15, -0.1) is 0 Å². The molecule has 0 rings (SSSR count). The predicted octanol–water partition coefficient (Wildman–Crippen LogP) is 8.77. The van der Waals surface area contributed by atoms with E-state index in [-0.39, 0.29) is 0 Å². The average molecular weight is 415 g/mol. The van der Waals surface area contributed by atoms with Gasteiger partial charge in [0.25, 0.3) is 0 Å². The van der Waals surface area contributed by atoms with Crippen molar-refractivity contribution < 1.29 is 4.12 Å². The molecule has 0 N–H and O–H groups in total. The summed E-state index contributed by atoms with van der Waals surface area (Å²) in [5, 5.41) is 0. The van der Waals surface area contributed by atoms with E-state index in [4.69, 9.17) is 4.12 Å². The zero-order chi connectivity index (χ0) is 20.0. The number of hydrogen-bond acceptors (Lipinski definition) is 1. The molecule has 0 saturated carbocycles. The van der Waals surface area contributed by atoms with Crippen LogP contribution in [0.2, 0.25) is 24.2 Å². The minimum atomic E-state index is -0.933. The molecular formula is C24H54OSi2. The van der Waals surface area contributed by atoms with E-state index in [2.05, 4.69) is 27.7 Å². The summed E-state index contributed by atoms with van der Waals surface area (Å²) in [6, 6.07) is 5.89. The highest BCUT2D eigenvalue weighted by Crippen LogP contribution is 2.20. The third-order valence-corrected chi connectivity index (χ3v) is 13.2. The third-order valence-electron chi connectivity index (χ3n) is 5.90. The van der Waals surface area contributed by atoms with Crippen LogP contribution in [-0.4, -0.2) is 18.1 Å². The van der Waals surface area contributed by atoms with Gasteiger partial charge in [-0.1, -0.05) is 130 Å². The van der Waals surface area contributed by atoms with Gasteiger partial charge < -0.3 is 4.12 Å². The second-order valence-electron chi connectivity index (χ2n) is 8.78. The van der Waals surface area contributed by atoms with Crippen molar-refractivity contribution in [2.45, 2.75) is 155 Å². The second kappa shape index (κ2) is 22.7. The molecule has 0 aliphatic carbocycles. The van der Waals surface area contributed by atoms with Crippen molar-refractivity contribution in [2.24, 2.45) is 0 Å². The van der Waals surface area contributed by atoms with Crippen LogP contribution in [0.5, 0.6) is 0 Å². The molecule has 0 fully saturated rings. The Morgan fingerprint density at radius 1 is 0.370 bits per heavy atom. The molecule has 0 aliphatic rings. The summed E-state index contributed by atoms with van der Waals surface area (Å²) in [6.07, 6.45) is 22.7. The van der Waals surface area contributed by atoms with Gasteiger partial charge in [0.2, 0.25) is 0 Å². The van der Waals surface area contributed by atoms with Gasteiger partial charge in [-0.05, 0) is 24.2 Å². The lowest BCUT2D eigenvalue weighted by atomic mass is 10.2. The molecule has 0 heterocycles. The summed E-state index contributed by atoms with van der Waals surface area (Å²) in [6.45, 7) is 9.30. The van der Waals surface area contributed by atoms with Crippen LogP contribution < -0.4 is 0 Å². The summed E-state index contributed by atoms with van der Waals surface area (Å²) in [7, 11) is -1.87. The van der Waals surface area contributed by atoms with E-state index in [0.29, 0.717) is 0 Å². The van der Waals surface area contributed by atoms with E-state index in [1.54, 1.807) is 0 Å². The van der Waals surface area contributed by atoms with Gasteiger partial charge in [0.15, 0.2) is 18.1 Å². The normalized spacial score (nSPS) is 11.8. The lowest BCUT2D eigenvalue weighted by molar-refractivity contribution is 0.537. The Hall–Kier alpha value is 0.394. The van der Waals surface area contributed by atoms with E-state index in [0.717, 1.165) is 0 Å². The van der Waals surface area contributed by atoms with Crippen molar-refractivity contribution in [3.8, 4) is 0 Å². The van der Waals surface area contributed by atoms with Gasteiger partial charge in [0.1, 0.15) is 0 Å². The maximum atomic E-state index is 7.05. The largest absolute Gasteiger partial charge is 0.460 e. The van der Waals surface area contributed by atoms with E-state index < -0.39 is 18.1 Å². The Labute approximate surface area is 176 Å². The summed E-state index contributed by atoms with van der Waals surface area (Å²) in [5.41, 5.74) is 0. The molecule has 0 aromatic heterocycles. The fourth-order valence-electron chi connectivity index (χ4n) is 4.03. The minimum Gasteiger partial charge on any atom is -0.460 e. The lowest BCUT2D eigenvalue weighted by Crippen LogP contribution is -2.29. The first kappa shape index (κ1) is 27.4. The van der Waals surface area contributed by atoms with Crippen LogP contribution in [0.25, 0.3) is 0 Å². The summed E-state index contributed by atoms with van der Waals surface area (Å²) >= 11 is 0. The van der Waals surface area contributed by atoms with Crippen LogP contribution >= 0.6 is 0 Å². The summed E-state index contributed by atoms with van der Waals surface area (Å²) < 4.78 is 7.05. The fourth-order valence-corrected chi connectivity index (χ4v) is 11.9. The maximum absolute atomic E-state index is 7.05. The van der Waals surface area contributed by atoms with Crippen LogP contribution in [0.15, 0.2) is 0 Å². The van der Waals surface area contributed by atoms with Gasteiger partial charge in [-0.3, -0.25) is 0 Å². The molecule has 0 saturated heterocycles. The third kappa shape index (κ3) is 19.5. The summed E-state index contributed by atoms with van der Waals surface area (Å²) in [5.74, 6) is 0. The van der Waals surface area contributed by atoms with Gasteiger partial charge in [0.05, 0.1) is 0 Å². The van der Waals surface area contributed by atoms with Gasteiger partial charge >= 0.3 is 0 Å². The van der Waals surface area contributed by atoms with Crippen LogP contribution in [-0.2, 0) is 4.12 Å². The molecular weight excluding hydrogens is 360 g/mol. The minimum absolute atomic E-state index is 0.933. The Balaban J connectivity index is 4.42. The molecule has 0 spiro atoms. The lowest BCUT2D eigenvalue weighted by Gasteiger charge is -2.24. The van der Waals surface area contributed by atoms with Crippen molar-refractivity contribution in [1.82, 2.24) is 0 Å². The molecule has 0 aromatic carbocycles. The topological polar surface area (TPSA) is 9.23 Å². The van der Waals surface area contributed by atoms with Crippen molar-refractivity contribution in [1.29, 1.82) is 0 Å². The fraction of sp³-hybridized carbons (Fsp3) is 1.00. The second-order valence-corrected chi connectivity index (χ2v) is 14.7. The molecule has 0 unspecified atom stereocenters. The molecule has 0 aliphatic heterocycles. The van der Waals surface area contributed by atoms with E-state index in [1.807, 2.05) is 0 Å². The quantitative estimate of drug-likeness (QED) is 0.127. The molecule has 0 amide bonds. The molecule has 164 valence electrons. The molecule has 0 atom stereocenters. The van der Waals surface area contributed by atoms with Crippen molar-refractivity contribution >= 4 is 18.1 Å². The highest BCUT2D eigenvalue weighted by Gasteiger charge is 2.19. The van der Waals surface area contributed by atoms with Crippen LogP contribution in [0.1, 0.15) is 130 Å². The Morgan fingerprint density at radius 3 is 0.852 bits per heavy atom. The standard InChI is InChI=1S/C24H54OSi2/c1-5-9-13-17-21-26(22-18-14-10-6-2)25-27(23-19-15-11-7-3)24-20-16-12-8-4/h26-27H,5-24H2,1-4H3. The summed E-state index contributed by atoms with van der Waals surface area (Å²) in [4.78, 5) is 0. The highest BCUT2D eigenvalue weighted by molar-refractivity contribution is 6.66. The van der Waals surface area contributed by atoms with Crippen LogP contribution in [0.4, 0.5) is 0 Å². The SMILES string of the molecule is CCCCCC[SiH](CCCCCC)O[SiH](CCCCCC)CCCCCC. The maximum Gasteiger partial charge on any atom is 0.162 e. The molecule has 0 radical (unpaired) electrons. The zero-order valence-electron chi connectivity index (χ0n) is 19.7. The van der Waals surface area contributed by atoms with E-state index in [9.17, 15) is 0 Å². The Bertz CT molecular complexity index is 223. The van der Waals surface area contributed by atoms with Gasteiger partial charge in [-0.25, -0.2) is 0 Å². The van der Waals surface area contributed by atoms with Crippen LogP contribution in [0, 0.1) is 0 Å². The number of hydrogen-bond donors (Lipinski definition) is 0. The molecule has 0 bridgehead atoms. The van der Waals surface area contributed by atoms with Crippen molar-refractivity contribution in [3.63, 3.8) is 0 Å². The monoisotopic (exact) mass is 414 g/mol. The first-order valence-electron chi connectivity index (χ1n) is 12.9. The van der Waals surface area contributed by atoms with Crippen LogP contribution in [0.3, 0.4) is 0 Å². The highest BCUT2D eigenvalue weighted by atomic mass is 28.4. The Kier molecular flexibility index (Phi) is 23.0. The zero-order valence-corrected chi connectivity index (χ0v) is 22.0. The molecule has 1 nitrogen and oxygen atoms in total. The first-order chi connectivity index (χ1) is 13.3. The predicted molar refractivity (Wildman–Crippen MR) is 131 cm³/mol. The molecule has 0 aromatic rings. The Morgan fingerprint density at radius 2 is 0.630 bits per heavy atom. The molecule has 27 heavy (non-hydrogen) atoms. The average Bonchev–Trinajstić information content (AvgIpc) is 2.68. The van der Waals surface area contributed by atoms with Crippen molar-refractivity contribution in [3.05, 3.63) is 0 Å². The van der Waals surface area contributed by atoms with Crippen molar-refractivity contribution in [2.75, 3.05) is 0 Å². The number of unbranched alkanes of at least 4 members (excludes halogenated alkanes) is 12. The smallest absolute Gasteiger partial charge is 0.162 e. The molecule has 3 heteroatoms. The van der Waals surface area contributed by atoms with Gasteiger partial charge in [0, 0.05) is 0 Å². The van der Waals surface area contributed by atoms with E-state index in [1.165, 1.54) is 127 Å². The number of rotatable bonds is 22. The van der Waals surface area contributed by atoms with Gasteiger partial charge in [-0.2, -0.15) is 0 Å². The first-order valence-corrected chi connectivity index (χ1v) is 17.1.